The van der Waals surface area contributed by atoms with Crippen LogP contribution in [-0.2, 0) is 0 Å². The van der Waals surface area contributed by atoms with Gasteiger partial charge in [0.1, 0.15) is 0 Å². The third kappa shape index (κ3) is 3.49. The summed E-state index contributed by atoms with van der Waals surface area (Å²) in [6, 6.07) is 58.6. The molecular formula is C46H27N5. The van der Waals surface area contributed by atoms with Crippen molar-refractivity contribution in [3.63, 3.8) is 0 Å². The van der Waals surface area contributed by atoms with Crippen molar-refractivity contribution in [3.05, 3.63) is 164 Å². The molecule has 0 saturated heterocycles. The standard InChI is InChI=1S/C46H27N5/c1-3-13-28(14-4-1)34-27-35(29-15-5-2-6-16-29)48-46(47-34)51-40-25-23-32-30-17-7-9-19-36(30)49-38-21-11-12-22-39(38)50-37-20-10-8-18-31(37)33-24-26-41(51)43(45(33)50)42(40)44(32)49/h1-27H. The Morgan fingerprint density at radius 2 is 0.745 bits per heavy atom. The minimum Gasteiger partial charge on any atom is -0.306 e. The molecule has 0 amide bonds. The van der Waals surface area contributed by atoms with Gasteiger partial charge in [-0.25, -0.2) is 9.97 Å². The summed E-state index contributed by atoms with van der Waals surface area (Å²) in [6.07, 6.45) is 0. The maximum atomic E-state index is 5.36. The first-order valence-corrected chi connectivity index (χ1v) is 17.4. The third-order valence-corrected chi connectivity index (χ3v) is 10.8. The predicted molar refractivity (Wildman–Crippen MR) is 210 cm³/mol. The van der Waals surface area contributed by atoms with Gasteiger partial charge in [0.05, 0.1) is 55.5 Å². The largest absolute Gasteiger partial charge is 0.306 e. The van der Waals surface area contributed by atoms with Gasteiger partial charge in [-0.05, 0) is 42.5 Å². The molecule has 0 radical (unpaired) electrons. The monoisotopic (exact) mass is 649 g/mol. The van der Waals surface area contributed by atoms with E-state index in [0.29, 0.717) is 5.95 Å². The fourth-order valence-electron chi connectivity index (χ4n) is 8.70. The van der Waals surface area contributed by atoms with Gasteiger partial charge in [0, 0.05) is 43.4 Å². The van der Waals surface area contributed by atoms with Crippen LogP contribution in [0.1, 0.15) is 0 Å². The smallest absolute Gasteiger partial charge is 0.235 e. The Labute approximate surface area is 291 Å². The highest BCUT2D eigenvalue weighted by Gasteiger charge is 2.26. The van der Waals surface area contributed by atoms with E-state index in [1.54, 1.807) is 0 Å². The van der Waals surface area contributed by atoms with E-state index in [0.717, 1.165) is 44.6 Å². The number of fused-ring (bicyclic) bond motifs is 9. The van der Waals surface area contributed by atoms with Gasteiger partial charge in [0.15, 0.2) is 0 Å². The van der Waals surface area contributed by atoms with E-state index < -0.39 is 0 Å². The first-order valence-electron chi connectivity index (χ1n) is 17.4. The number of hydrogen-bond acceptors (Lipinski definition) is 2. The minimum absolute atomic E-state index is 0.649. The van der Waals surface area contributed by atoms with Crippen molar-refractivity contribution in [2.24, 2.45) is 0 Å². The normalized spacial score (nSPS) is 12.3. The fourth-order valence-corrected chi connectivity index (χ4v) is 8.70. The Bertz CT molecular complexity index is 3130. The maximum Gasteiger partial charge on any atom is 0.235 e. The van der Waals surface area contributed by atoms with Crippen LogP contribution in [0, 0.1) is 0 Å². The second kappa shape index (κ2) is 9.80. The van der Waals surface area contributed by atoms with E-state index in [9.17, 15) is 0 Å². The van der Waals surface area contributed by atoms with Crippen LogP contribution >= 0.6 is 0 Å². The number of benzene rings is 7. The van der Waals surface area contributed by atoms with Crippen molar-refractivity contribution in [1.29, 1.82) is 0 Å². The van der Waals surface area contributed by atoms with Gasteiger partial charge in [-0.2, -0.15) is 0 Å². The molecule has 7 aromatic carbocycles. The van der Waals surface area contributed by atoms with E-state index in [1.165, 1.54) is 54.4 Å². The van der Waals surface area contributed by atoms with Crippen molar-refractivity contribution in [2.45, 2.75) is 0 Å². The SMILES string of the molecule is c1ccc(-c2cc(-c3ccccc3)nc(-n3c4ccc5c6ccccc6n6c7ccccc7n7c8ccccc8c8ccc3c(c4c56)c87)n2)cc1. The lowest BCUT2D eigenvalue weighted by Crippen LogP contribution is -2.04. The van der Waals surface area contributed by atoms with Crippen LogP contribution in [0.3, 0.4) is 0 Å². The fraction of sp³-hybridized carbons (Fsp3) is 0. The molecule has 0 N–H and O–H groups in total. The van der Waals surface area contributed by atoms with Crippen LogP contribution in [0.15, 0.2) is 164 Å². The van der Waals surface area contributed by atoms with E-state index >= 15 is 0 Å². The summed E-state index contributed by atoms with van der Waals surface area (Å²) in [6.45, 7) is 0. The molecule has 0 unspecified atom stereocenters. The van der Waals surface area contributed by atoms with Gasteiger partial charge < -0.3 is 8.80 Å². The van der Waals surface area contributed by atoms with Crippen LogP contribution in [0.5, 0.6) is 0 Å². The Morgan fingerprint density at radius 1 is 0.333 bits per heavy atom. The van der Waals surface area contributed by atoms with E-state index in [4.69, 9.17) is 9.97 Å². The lowest BCUT2D eigenvalue weighted by atomic mass is 10.0. The molecule has 0 saturated carbocycles. The Hall–Kier alpha value is -6.98. The molecule has 0 bridgehead atoms. The Kier molecular flexibility index (Phi) is 5.17. The van der Waals surface area contributed by atoms with Gasteiger partial charge in [-0.3, -0.25) is 4.57 Å². The molecule has 236 valence electrons. The first kappa shape index (κ1) is 26.9. The third-order valence-electron chi connectivity index (χ3n) is 10.8. The molecule has 5 heterocycles. The molecule has 0 spiro atoms. The van der Waals surface area contributed by atoms with Crippen molar-refractivity contribution in [2.75, 3.05) is 0 Å². The number of aromatic nitrogens is 5. The maximum absolute atomic E-state index is 5.36. The molecular weight excluding hydrogens is 623 g/mol. The topological polar surface area (TPSA) is 39.5 Å². The Balaban J connectivity index is 1.37. The number of hydrogen-bond donors (Lipinski definition) is 0. The van der Waals surface area contributed by atoms with E-state index in [-0.39, 0.29) is 0 Å². The minimum atomic E-state index is 0.649. The van der Waals surface area contributed by atoms with Crippen molar-refractivity contribution >= 4 is 76.5 Å². The summed E-state index contributed by atoms with van der Waals surface area (Å²) >= 11 is 0. The highest BCUT2D eigenvalue weighted by molar-refractivity contribution is 6.33. The second-order valence-corrected chi connectivity index (χ2v) is 13.4. The summed E-state index contributed by atoms with van der Waals surface area (Å²) in [5.74, 6) is 0.649. The van der Waals surface area contributed by atoms with Gasteiger partial charge in [-0.15, -0.1) is 0 Å². The average molecular weight is 650 g/mol. The molecule has 5 nitrogen and oxygen atoms in total. The molecule has 0 aliphatic heterocycles. The van der Waals surface area contributed by atoms with Gasteiger partial charge in [-0.1, -0.05) is 121 Å². The average Bonchev–Trinajstić information content (AvgIpc) is 3.83. The lowest BCUT2D eigenvalue weighted by molar-refractivity contribution is 0.996. The van der Waals surface area contributed by atoms with Crippen LogP contribution < -0.4 is 0 Å². The van der Waals surface area contributed by atoms with E-state index in [2.05, 4.69) is 165 Å². The van der Waals surface area contributed by atoms with Crippen LogP contribution in [0.25, 0.3) is 105 Å². The summed E-state index contributed by atoms with van der Waals surface area (Å²) < 4.78 is 7.26. The highest BCUT2D eigenvalue weighted by atomic mass is 15.2. The molecule has 51 heavy (non-hydrogen) atoms. The summed E-state index contributed by atoms with van der Waals surface area (Å²) in [7, 11) is 0. The molecule has 5 aromatic heterocycles. The zero-order valence-electron chi connectivity index (χ0n) is 27.3. The zero-order valence-corrected chi connectivity index (χ0v) is 27.3. The first-order chi connectivity index (χ1) is 25.3. The summed E-state index contributed by atoms with van der Waals surface area (Å²) in [5, 5.41) is 7.36. The molecule has 0 fully saturated rings. The van der Waals surface area contributed by atoms with Gasteiger partial charge in [0.2, 0.25) is 5.95 Å². The van der Waals surface area contributed by atoms with Gasteiger partial charge >= 0.3 is 0 Å². The molecule has 0 aliphatic carbocycles. The molecule has 12 aromatic rings. The predicted octanol–water partition coefficient (Wildman–Crippen LogP) is 11.5. The number of nitrogens with zero attached hydrogens (tertiary/aromatic N) is 5. The van der Waals surface area contributed by atoms with Crippen molar-refractivity contribution < 1.29 is 0 Å². The molecule has 5 heteroatoms. The van der Waals surface area contributed by atoms with Crippen LogP contribution in [-0.4, -0.2) is 23.3 Å². The van der Waals surface area contributed by atoms with Crippen molar-refractivity contribution in [3.8, 4) is 28.5 Å². The summed E-state index contributed by atoms with van der Waals surface area (Å²) in [4.78, 5) is 10.7. The number of para-hydroxylation sites is 4. The zero-order chi connectivity index (χ0) is 33.2. The van der Waals surface area contributed by atoms with Crippen LogP contribution in [0.2, 0.25) is 0 Å². The second-order valence-electron chi connectivity index (χ2n) is 13.4. The van der Waals surface area contributed by atoms with E-state index in [1.807, 2.05) is 12.1 Å². The van der Waals surface area contributed by atoms with Crippen LogP contribution in [0.4, 0.5) is 0 Å². The quantitative estimate of drug-likeness (QED) is 0.191. The lowest BCUT2D eigenvalue weighted by Gasteiger charge is -2.12. The van der Waals surface area contributed by atoms with Crippen molar-refractivity contribution in [1.82, 2.24) is 23.3 Å². The molecule has 12 rings (SSSR count). The molecule has 0 aliphatic rings. The highest BCUT2D eigenvalue weighted by Crippen LogP contribution is 2.46. The molecule has 0 atom stereocenters. The summed E-state index contributed by atoms with van der Waals surface area (Å²) in [5.41, 5.74) is 13.1. The van der Waals surface area contributed by atoms with Gasteiger partial charge in [0.25, 0.3) is 0 Å². The Morgan fingerprint density at radius 3 is 1.22 bits per heavy atom. The number of rotatable bonds is 3.